The van der Waals surface area contributed by atoms with Gasteiger partial charge < -0.3 is 15.2 Å². The number of benzene rings is 1. The summed E-state index contributed by atoms with van der Waals surface area (Å²) in [7, 11) is 0. The number of aliphatic carboxylic acids is 1. The van der Waals surface area contributed by atoms with Crippen LogP contribution in [-0.4, -0.2) is 28.0 Å². The molecule has 2 unspecified atom stereocenters. The van der Waals surface area contributed by atoms with Gasteiger partial charge >= 0.3 is 5.97 Å². The molecule has 0 saturated heterocycles. The standard InChI is InChI=1S/C18H17ClN2O4/c19-13-1-2-14-12(8-13)10-25-16(14)9-17(22)21-15(18(23)24)7-11-3-5-20-6-4-11/h1-6,8,15-16H,7,9-10H2,(H,21,22)(H,23,24). The molecule has 0 saturated carbocycles. The van der Waals surface area contributed by atoms with Crippen molar-refractivity contribution in [3.05, 3.63) is 64.4 Å². The Morgan fingerprint density at radius 1 is 1.32 bits per heavy atom. The Hall–Kier alpha value is -2.44. The first kappa shape index (κ1) is 17.4. The maximum Gasteiger partial charge on any atom is 0.326 e. The summed E-state index contributed by atoms with van der Waals surface area (Å²) >= 11 is 5.95. The lowest BCUT2D eigenvalue weighted by Crippen LogP contribution is -2.42. The van der Waals surface area contributed by atoms with Crippen LogP contribution in [0.3, 0.4) is 0 Å². The smallest absolute Gasteiger partial charge is 0.326 e. The van der Waals surface area contributed by atoms with Gasteiger partial charge in [-0.1, -0.05) is 17.7 Å². The van der Waals surface area contributed by atoms with E-state index in [1.165, 1.54) is 0 Å². The molecule has 1 aliphatic heterocycles. The molecule has 0 fully saturated rings. The van der Waals surface area contributed by atoms with E-state index in [9.17, 15) is 14.7 Å². The number of nitrogens with one attached hydrogen (secondary N) is 1. The number of hydrogen-bond acceptors (Lipinski definition) is 4. The number of halogens is 1. The second-order valence-electron chi connectivity index (χ2n) is 5.86. The monoisotopic (exact) mass is 360 g/mol. The summed E-state index contributed by atoms with van der Waals surface area (Å²) in [5.74, 6) is -1.45. The van der Waals surface area contributed by atoms with Crippen molar-refractivity contribution in [3.8, 4) is 0 Å². The molecule has 3 rings (SSSR count). The fourth-order valence-corrected chi connectivity index (χ4v) is 3.03. The van der Waals surface area contributed by atoms with Crippen LogP contribution < -0.4 is 5.32 Å². The van der Waals surface area contributed by atoms with Crippen LogP contribution in [0, 0.1) is 0 Å². The van der Waals surface area contributed by atoms with Gasteiger partial charge in [0.25, 0.3) is 0 Å². The lowest BCUT2D eigenvalue weighted by molar-refractivity contribution is -0.142. The van der Waals surface area contributed by atoms with Crippen LogP contribution >= 0.6 is 11.6 Å². The summed E-state index contributed by atoms with van der Waals surface area (Å²) in [4.78, 5) is 27.6. The van der Waals surface area contributed by atoms with Crippen LogP contribution in [0.5, 0.6) is 0 Å². The second kappa shape index (κ2) is 7.63. The van der Waals surface area contributed by atoms with Gasteiger partial charge in [0.05, 0.1) is 19.1 Å². The Morgan fingerprint density at radius 3 is 2.80 bits per heavy atom. The summed E-state index contributed by atoms with van der Waals surface area (Å²) in [6.45, 7) is 0.396. The highest BCUT2D eigenvalue weighted by Crippen LogP contribution is 2.34. The highest BCUT2D eigenvalue weighted by molar-refractivity contribution is 6.30. The molecule has 7 heteroatoms. The fourth-order valence-electron chi connectivity index (χ4n) is 2.84. The number of nitrogens with zero attached hydrogens (tertiary/aromatic N) is 1. The Labute approximate surface area is 149 Å². The minimum Gasteiger partial charge on any atom is -0.480 e. The van der Waals surface area contributed by atoms with Crippen LogP contribution in [0.4, 0.5) is 0 Å². The van der Waals surface area contributed by atoms with Gasteiger partial charge in [0, 0.05) is 23.8 Å². The highest BCUT2D eigenvalue weighted by Gasteiger charge is 2.28. The molecule has 1 aromatic heterocycles. The molecular weight excluding hydrogens is 344 g/mol. The Bertz CT molecular complexity index is 782. The first-order chi connectivity index (χ1) is 12.0. The topological polar surface area (TPSA) is 88.5 Å². The number of aromatic nitrogens is 1. The molecule has 0 aliphatic carbocycles. The van der Waals surface area contributed by atoms with Crippen molar-refractivity contribution >= 4 is 23.5 Å². The van der Waals surface area contributed by atoms with Gasteiger partial charge in [-0.25, -0.2) is 4.79 Å². The van der Waals surface area contributed by atoms with E-state index in [4.69, 9.17) is 16.3 Å². The zero-order chi connectivity index (χ0) is 17.8. The predicted octanol–water partition coefficient (Wildman–Crippen LogP) is 2.51. The summed E-state index contributed by atoms with van der Waals surface area (Å²) in [6.07, 6.45) is 3.05. The average Bonchev–Trinajstić information content (AvgIpc) is 2.97. The van der Waals surface area contributed by atoms with E-state index < -0.39 is 12.0 Å². The summed E-state index contributed by atoms with van der Waals surface area (Å²) in [6, 6.07) is 7.86. The SMILES string of the molecule is O=C(CC1OCc2cc(Cl)ccc21)NC(Cc1ccncc1)C(=O)O. The fraction of sp³-hybridized carbons (Fsp3) is 0.278. The molecule has 2 atom stereocenters. The number of carboxylic acid groups (broad SMARTS) is 1. The highest BCUT2D eigenvalue weighted by atomic mass is 35.5. The van der Waals surface area contributed by atoms with Crippen LogP contribution in [-0.2, 0) is 27.4 Å². The lowest BCUT2D eigenvalue weighted by atomic mass is 10.0. The number of carbonyl (C=O) groups excluding carboxylic acids is 1. The molecule has 2 aromatic rings. The molecular formula is C18H17ClN2O4. The minimum absolute atomic E-state index is 0.0642. The number of pyridine rings is 1. The molecule has 0 spiro atoms. The Morgan fingerprint density at radius 2 is 2.08 bits per heavy atom. The quantitative estimate of drug-likeness (QED) is 0.826. The average molecular weight is 361 g/mol. The van der Waals surface area contributed by atoms with Crippen LogP contribution in [0.2, 0.25) is 5.02 Å². The first-order valence-electron chi connectivity index (χ1n) is 7.84. The number of ether oxygens (including phenoxy) is 1. The largest absolute Gasteiger partial charge is 0.480 e. The van der Waals surface area contributed by atoms with E-state index in [0.29, 0.717) is 11.6 Å². The first-order valence-corrected chi connectivity index (χ1v) is 8.21. The maximum absolute atomic E-state index is 12.3. The van der Waals surface area contributed by atoms with Crippen molar-refractivity contribution in [1.82, 2.24) is 10.3 Å². The molecule has 1 amide bonds. The third kappa shape index (κ3) is 4.35. The van der Waals surface area contributed by atoms with Gasteiger partial charge in [0.1, 0.15) is 6.04 Å². The zero-order valence-corrected chi connectivity index (χ0v) is 14.1. The second-order valence-corrected chi connectivity index (χ2v) is 6.30. The number of carbonyl (C=O) groups is 2. The van der Waals surface area contributed by atoms with Gasteiger partial charge in [-0.15, -0.1) is 0 Å². The van der Waals surface area contributed by atoms with E-state index in [1.54, 1.807) is 30.6 Å². The zero-order valence-electron chi connectivity index (χ0n) is 13.3. The van der Waals surface area contributed by atoms with Crippen molar-refractivity contribution < 1.29 is 19.4 Å². The predicted molar refractivity (Wildman–Crippen MR) is 91.1 cm³/mol. The minimum atomic E-state index is -1.08. The maximum atomic E-state index is 12.3. The molecule has 1 aliphatic rings. The number of carboxylic acids is 1. The van der Waals surface area contributed by atoms with E-state index in [1.807, 2.05) is 12.1 Å². The molecule has 2 heterocycles. The van der Waals surface area contributed by atoms with Gasteiger partial charge in [0.15, 0.2) is 0 Å². The lowest BCUT2D eigenvalue weighted by Gasteiger charge is -2.16. The van der Waals surface area contributed by atoms with E-state index in [-0.39, 0.29) is 24.9 Å². The summed E-state index contributed by atoms with van der Waals surface area (Å²) < 4.78 is 5.63. The third-order valence-electron chi connectivity index (χ3n) is 4.09. The normalized spacial score (nSPS) is 16.9. The van der Waals surface area contributed by atoms with Crippen molar-refractivity contribution in [2.45, 2.75) is 31.6 Å². The molecule has 1 aromatic carbocycles. The molecule has 130 valence electrons. The van der Waals surface area contributed by atoms with Crippen molar-refractivity contribution in [1.29, 1.82) is 0 Å². The number of hydrogen-bond donors (Lipinski definition) is 2. The Balaban J connectivity index is 1.62. The van der Waals surface area contributed by atoms with Crippen LogP contribution in [0.1, 0.15) is 29.2 Å². The molecule has 0 radical (unpaired) electrons. The number of rotatable bonds is 6. The van der Waals surface area contributed by atoms with E-state index in [0.717, 1.165) is 16.7 Å². The van der Waals surface area contributed by atoms with Crippen molar-refractivity contribution in [3.63, 3.8) is 0 Å². The van der Waals surface area contributed by atoms with Crippen LogP contribution in [0.15, 0.2) is 42.7 Å². The van der Waals surface area contributed by atoms with Gasteiger partial charge in [-0.05, 0) is 41.0 Å². The van der Waals surface area contributed by atoms with E-state index in [2.05, 4.69) is 10.3 Å². The third-order valence-corrected chi connectivity index (χ3v) is 4.32. The van der Waals surface area contributed by atoms with Gasteiger partial charge in [0.2, 0.25) is 5.91 Å². The number of fused-ring (bicyclic) bond motifs is 1. The summed E-state index contributed by atoms with van der Waals surface area (Å²) in [5, 5.41) is 12.5. The number of amides is 1. The van der Waals surface area contributed by atoms with Crippen molar-refractivity contribution in [2.24, 2.45) is 0 Å². The molecule has 25 heavy (non-hydrogen) atoms. The van der Waals surface area contributed by atoms with Crippen LogP contribution in [0.25, 0.3) is 0 Å². The van der Waals surface area contributed by atoms with Crippen molar-refractivity contribution in [2.75, 3.05) is 0 Å². The molecule has 6 nitrogen and oxygen atoms in total. The van der Waals surface area contributed by atoms with Gasteiger partial charge in [-0.3, -0.25) is 9.78 Å². The van der Waals surface area contributed by atoms with E-state index >= 15 is 0 Å². The molecule has 2 N–H and O–H groups in total. The Kier molecular flexibility index (Phi) is 5.31. The summed E-state index contributed by atoms with van der Waals surface area (Å²) in [5.41, 5.74) is 2.66. The molecule has 0 bridgehead atoms. The van der Waals surface area contributed by atoms with Gasteiger partial charge in [-0.2, -0.15) is 0 Å².